The number of oxazole rings is 1. The second-order valence-corrected chi connectivity index (χ2v) is 3.76. The Morgan fingerprint density at radius 1 is 1.06 bits per heavy atom. The van der Waals surface area contributed by atoms with Gasteiger partial charge in [0, 0.05) is 11.8 Å². The molecule has 0 radical (unpaired) electrons. The summed E-state index contributed by atoms with van der Waals surface area (Å²) in [6.07, 6.45) is 3.17. The zero-order chi connectivity index (χ0) is 11.0. The summed E-state index contributed by atoms with van der Waals surface area (Å²) in [5, 5.41) is 0.503. The van der Waals surface area contributed by atoms with E-state index in [1.165, 1.54) is 0 Å². The zero-order valence-corrected chi connectivity index (χ0v) is 8.98. The van der Waals surface area contributed by atoms with Crippen molar-refractivity contribution >= 4 is 22.7 Å². The van der Waals surface area contributed by atoms with Crippen LogP contribution < -0.4 is 0 Å². The van der Waals surface area contributed by atoms with Crippen LogP contribution in [0.5, 0.6) is 0 Å². The summed E-state index contributed by atoms with van der Waals surface area (Å²) in [4.78, 5) is 8.30. The Hall–Kier alpha value is -1.87. The summed E-state index contributed by atoms with van der Waals surface area (Å²) >= 11 is 5.97. The molecule has 0 amide bonds. The number of pyridine rings is 1. The van der Waals surface area contributed by atoms with Crippen LogP contribution in [-0.2, 0) is 0 Å². The molecule has 0 saturated carbocycles. The van der Waals surface area contributed by atoms with Gasteiger partial charge in [0.2, 0.25) is 5.89 Å². The van der Waals surface area contributed by atoms with Gasteiger partial charge in [0.05, 0.1) is 11.2 Å². The van der Waals surface area contributed by atoms with E-state index in [1.807, 2.05) is 30.3 Å². The Morgan fingerprint density at radius 2 is 1.88 bits per heavy atom. The molecule has 0 bridgehead atoms. The molecule has 0 N–H and O–H groups in total. The van der Waals surface area contributed by atoms with Gasteiger partial charge in [-0.15, -0.1) is 0 Å². The first-order chi connectivity index (χ1) is 7.84. The molecule has 4 heteroatoms. The average Bonchev–Trinajstić information content (AvgIpc) is 2.76. The Balaban J connectivity index is 2.23. The third kappa shape index (κ3) is 1.46. The largest absolute Gasteiger partial charge is 0.434 e. The smallest absolute Gasteiger partial charge is 0.227 e. The highest BCUT2D eigenvalue weighted by molar-refractivity contribution is 6.34. The minimum Gasteiger partial charge on any atom is -0.434 e. The van der Waals surface area contributed by atoms with Crippen molar-refractivity contribution in [3.8, 4) is 11.5 Å². The van der Waals surface area contributed by atoms with Gasteiger partial charge >= 0.3 is 0 Å². The van der Waals surface area contributed by atoms with Crippen LogP contribution in [0.3, 0.4) is 0 Å². The Labute approximate surface area is 96.7 Å². The predicted octanol–water partition coefficient (Wildman–Crippen LogP) is 3.54. The lowest BCUT2D eigenvalue weighted by Crippen LogP contribution is -1.76. The molecule has 2 aromatic heterocycles. The number of aromatic nitrogens is 2. The molecule has 0 aliphatic rings. The number of hydrogen-bond acceptors (Lipinski definition) is 3. The maximum Gasteiger partial charge on any atom is 0.227 e. The van der Waals surface area contributed by atoms with Gasteiger partial charge in [-0.05, 0) is 12.1 Å². The number of rotatable bonds is 1. The molecule has 0 saturated heterocycles. The van der Waals surface area contributed by atoms with E-state index < -0.39 is 0 Å². The molecule has 0 spiro atoms. The molecular weight excluding hydrogens is 224 g/mol. The monoisotopic (exact) mass is 230 g/mol. The Morgan fingerprint density at radius 3 is 2.62 bits per heavy atom. The first-order valence-electron chi connectivity index (χ1n) is 4.80. The molecule has 0 aliphatic heterocycles. The molecule has 3 aromatic rings. The van der Waals surface area contributed by atoms with Crippen LogP contribution in [0.25, 0.3) is 22.6 Å². The van der Waals surface area contributed by atoms with E-state index in [1.54, 1.807) is 12.4 Å². The van der Waals surface area contributed by atoms with E-state index in [9.17, 15) is 0 Å². The van der Waals surface area contributed by atoms with Gasteiger partial charge in [-0.3, -0.25) is 4.98 Å². The van der Waals surface area contributed by atoms with Gasteiger partial charge < -0.3 is 4.42 Å². The lowest BCUT2D eigenvalue weighted by Gasteiger charge is -1.91. The second-order valence-electron chi connectivity index (χ2n) is 3.35. The molecule has 78 valence electrons. The maximum absolute atomic E-state index is 5.97. The Bertz CT molecular complexity index is 634. The van der Waals surface area contributed by atoms with Gasteiger partial charge in [-0.25, -0.2) is 4.98 Å². The second kappa shape index (κ2) is 3.61. The van der Waals surface area contributed by atoms with Crippen LogP contribution in [0.2, 0.25) is 5.02 Å². The molecule has 16 heavy (non-hydrogen) atoms. The van der Waals surface area contributed by atoms with Crippen molar-refractivity contribution in [1.29, 1.82) is 0 Å². The van der Waals surface area contributed by atoms with Crippen LogP contribution in [0.1, 0.15) is 0 Å². The summed E-state index contributed by atoms with van der Waals surface area (Å²) in [7, 11) is 0. The van der Waals surface area contributed by atoms with E-state index >= 15 is 0 Å². The molecule has 3 nitrogen and oxygen atoms in total. The molecule has 0 unspecified atom stereocenters. The van der Waals surface area contributed by atoms with Crippen molar-refractivity contribution in [2.24, 2.45) is 0 Å². The number of benzene rings is 1. The fourth-order valence-electron chi connectivity index (χ4n) is 1.53. The van der Waals surface area contributed by atoms with Gasteiger partial charge in [-0.2, -0.15) is 0 Å². The summed E-state index contributed by atoms with van der Waals surface area (Å²) in [6.45, 7) is 0. The van der Waals surface area contributed by atoms with Crippen molar-refractivity contribution < 1.29 is 4.42 Å². The fourth-order valence-corrected chi connectivity index (χ4v) is 1.72. The van der Waals surface area contributed by atoms with Gasteiger partial charge in [-0.1, -0.05) is 29.8 Å². The highest BCUT2D eigenvalue weighted by atomic mass is 35.5. The third-order valence-corrected chi connectivity index (χ3v) is 2.56. The fraction of sp³-hybridized carbons (Fsp3) is 0. The minimum atomic E-state index is 0.503. The third-order valence-electron chi connectivity index (χ3n) is 2.28. The number of halogens is 1. The van der Waals surface area contributed by atoms with E-state index in [0.29, 0.717) is 22.0 Å². The molecule has 2 heterocycles. The maximum atomic E-state index is 5.97. The van der Waals surface area contributed by atoms with E-state index in [-0.39, 0.29) is 0 Å². The van der Waals surface area contributed by atoms with Crippen LogP contribution in [0, 0.1) is 0 Å². The van der Waals surface area contributed by atoms with Crippen molar-refractivity contribution in [2.75, 3.05) is 0 Å². The highest BCUT2D eigenvalue weighted by Crippen LogP contribution is 2.27. The Kier molecular flexibility index (Phi) is 2.11. The number of hydrogen-bond donors (Lipinski definition) is 0. The molecular formula is C12H7ClN2O. The van der Waals surface area contributed by atoms with Gasteiger partial charge in [0.1, 0.15) is 5.52 Å². The van der Waals surface area contributed by atoms with Gasteiger partial charge in [0.25, 0.3) is 0 Å². The average molecular weight is 231 g/mol. The summed E-state index contributed by atoms with van der Waals surface area (Å²) < 4.78 is 5.58. The van der Waals surface area contributed by atoms with Crippen LogP contribution in [0.15, 0.2) is 47.1 Å². The van der Waals surface area contributed by atoms with Crippen molar-refractivity contribution in [1.82, 2.24) is 9.97 Å². The molecule has 0 atom stereocenters. The number of fused-ring (bicyclic) bond motifs is 1. The van der Waals surface area contributed by atoms with Crippen molar-refractivity contribution in [3.05, 3.63) is 47.7 Å². The summed E-state index contributed by atoms with van der Waals surface area (Å²) in [5.41, 5.74) is 2.18. The van der Waals surface area contributed by atoms with Crippen molar-refractivity contribution in [2.45, 2.75) is 0 Å². The van der Waals surface area contributed by atoms with E-state index in [2.05, 4.69) is 9.97 Å². The minimum absolute atomic E-state index is 0.503. The molecule has 1 aromatic carbocycles. The van der Waals surface area contributed by atoms with E-state index in [4.69, 9.17) is 16.0 Å². The first kappa shape index (κ1) is 9.36. The van der Waals surface area contributed by atoms with Crippen molar-refractivity contribution in [3.63, 3.8) is 0 Å². The summed E-state index contributed by atoms with van der Waals surface area (Å²) in [6, 6.07) is 9.69. The van der Waals surface area contributed by atoms with Crippen LogP contribution >= 0.6 is 11.6 Å². The predicted molar refractivity (Wildman–Crippen MR) is 62.3 cm³/mol. The number of nitrogens with zero attached hydrogens (tertiary/aromatic N) is 2. The van der Waals surface area contributed by atoms with Crippen LogP contribution in [-0.4, -0.2) is 9.97 Å². The standard InChI is InChI=1S/C12H7ClN2O/c13-9-6-14-7-10-11(9)15-12(16-10)8-4-2-1-3-5-8/h1-7H. The summed E-state index contributed by atoms with van der Waals surface area (Å²) in [5.74, 6) is 0.561. The molecule has 3 rings (SSSR count). The normalized spacial score (nSPS) is 10.8. The SMILES string of the molecule is Clc1cncc2oc(-c3ccccc3)nc12. The van der Waals surface area contributed by atoms with Gasteiger partial charge in [0.15, 0.2) is 5.58 Å². The zero-order valence-electron chi connectivity index (χ0n) is 8.22. The first-order valence-corrected chi connectivity index (χ1v) is 5.18. The quantitative estimate of drug-likeness (QED) is 0.642. The van der Waals surface area contributed by atoms with E-state index in [0.717, 1.165) is 5.56 Å². The highest BCUT2D eigenvalue weighted by Gasteiger charge is 2.10. The molecule has 0 aliphatic carbocycles. The van der Waals surface area contributed by atoms with Crippen LogP contribution in [0.4, 0.5) is 0 Å². The lowest BCUT2D eigenvalue weighted by atomic mass is 10.2. The molecule has 0 fully saturated rings. The lowest BCUT2D eigenvalue weighted by molar-refractivity contribution is 0.618. The topological polar surface area (TPSA) is 38.9 Å².